The van der Waals surface area contributed by atoms with Gasteiger partial charge >= 0.3 is 6.03 Å². The number of amides is 5. The number of benzene rings is 1. The van der Waals surface area contributed by atoms with Gasteiger partial charge in [-0.1, -0.05) is 25.0 Å². The van der Waals surface area contributed by atoms with Gasteiger partial charge in [-0.3, -0.25) is 19.3 Å². The smallest absolute Gasteiger partial charge is 0.325 e. The average Bonchev–Trinajstić information content (AvgIpc) is 3.40. The normalized spacial score (nSPS) is 19.2. The summed E-state index contributed by atoms with van der Waals surface area (Å²) < 4.78 is 5.48. The number of hydrogen-bond donors (Lipinski definition) is 3. The Balaban J connectivity index is 1.13. The Morgan fingerprint density at radius 3 is 2.50 bits per heavy atom. The van der Waals surface area contributed by atoms with Crippen molar-refractivity contribution in [1.29, 1.82) is 0 Å². The molecule has 1 aliphatic heterocycles. The molecule has 1 aromatic carbocycles. The van der Waals surface area contributed by atoms with Crippen LogP contribution in [0.3, 0.4) is 0 Å². The van der Waals surface area contributed by atoms with Crippen LogP contribution >= 0.6 is 0 Å². The summed E-state index contributed by atoms with van der Waals surface area (Å²) in [5.74, 6) is 0.128. The van der Waals surface area contributed by atoms with Gasteiger partial charge < -0.3 is 20.7 Å². The molecule has 0 aromatic heterocycles. The SMILES string of the molecule is O=C(CCN1C(=O)NC2(CCCC2)C1=O)NCCc1ccc(OCC(=O)NC2CC2)cc1. The maximum absolute atomic E-state index is 12.6. The minimum absolute atomic E-state index is 0.00453. The third kappa shape index (κ3) is 5.38. The molecule has 9 nitrogen and oxygen atoms in total. The van der Waals surface area contributed by atoms with Crippen molar-refractivity contribution < 1.29 is 23.9 Å². The van der Waals surface area contributed by atoms with Gasteiger partial charge in [0.05, 0.1) is 0 Å². The highest BCUT2D eigenvalue weighted by Gasteiger charge is 2.52. The first kappa shape index (κ1) is 22.1. The van der Waals surface area contributed by atoms with Crippen LogP contribution < -0.4 is 20.7 Å². The summed E-state index contributed by atoms with van der Waals surface area (Å²) in [6.07, 6.45) is 6.04. The Hall–Kier alpha value is -3.10. The van der Waals surface area contributed by atoms with Crippen LogP contribution in [0, 0.1) is 0 Å². The van der Waals surface area contributed by atoms with Crippen LogP contribution in [0.4, 0.5) is 4.79 Å². The van der Waals surface area contributed by atoms with E-state index in [4.69, 9.17) is 4.74 Å². The van der Waals surface area contributed by atoms with E-state index in [2.05, 4.69) is 16.0 Å². The molecule has 3 fully saturated rings. The van der Waals surface area contributed by atoms with E-state index >= 15 is 0 Å². The van der Waals surface area contributed by atoms with Crippen molar-refractivity contribution in [1.82, 2.24) is 20.9 Å². The molecule has 1 spiro atoms. The first-order valence-corrected chi connectivity index (χ1v) is 11.4. The van der Waals surface area contributed by atoms with Crippen LogP contribution in [0.15, 0.2) is 24.3 Å². The lowest BCUT2D eigenvalue weighted by Gasteiger charge is -2.19. The van der Waals surface area contributed by atoms with E-state index in [1.807, 2.05) is 12.1 Å². The second-order valence-corrected chi connectivity index (χ2v) is 8.80. The van der Waals surface area contributed by atoms with Gasteiger partial charge in [-0.15, -0.1) is 0 Å². The predicted octanol–water partition coefficient (Wildman–Crippen LogP) is 1.26. The Labute approximate surface area is 187 Å². The van der Waals surface area contributed by atoms with Gasteiger partial charge in [0, 0.05) is 25.6 Å². The van der Waals surface area contributed by atoms with Crippen LogP contribution in [0.25, 0.3) is 0 Å². The van der Waals surface area contributed by atoms with Crippen molar-refractivity contribution in [3.63, 3.8) is 0 Å². The van der Waals surface area contributed by atoms with Gasteiger partial charge in [0.1, 0.15) is 11.3 Å². The molecule has 2 saturated carbocycles. The third-order valence-corrected chi connectivity index (χ3v) is 6.24. The first-order valence-electron chi connectivity index (χ1n) is 11.4. The number of urea groups is 1. The minimum atomic E-state index is -0.732. The summed E-state index contributed by atoms with van der Waals surface area (Å²) in [6.45, 7) is 0.552. The fourth-order valence-electron chi connectivity index (χ4n) is 4.24. The molecule has 172 valence electrons. The Morgan fingerprint density at radius 2 is 1.81 bits per heavy atom. The molecular weight excluding hydrogens is 412 g/mol. The van der Waals surface area contributed by atoms with Crippen LogP contribution in [0.1, 0.15) is 50.5 Å². The van der Waals surface area contributed by atoms with Crippen LogP contribution in [-0.2, 0) is 20.8 Å². The van der Waals surface area contributed by atoms with Gasteiger partial charge in [0.25, 0.3) is 11.8 Å². The van der Waals surface area contributed by atoms with Crippen LogP contribution in [0.2, 0.25) is 0 Å². The number of nitrogens with one attached hydrogen (secondary N) is 3. The third-order valence-electron chi connectivity index (χ3n) is 6.24. The molecular formula is C23H30N4O5. The maximum atomic E-state index is 12.6. The molecule has 0 atom stereocenters. The molecule has 2 aliphatic carbocycles. The summed E-state index contributed by atoms with van der Waals surface area (Å²) in [5, 5.41) is 8.52. The molecule has 4 rings (SSSR count). The highest BCUT2D eigenvalue weighted by Crippen LogP contribution is 2.35. The number of nitrogens with zero attached hydrogens (tertiary/aromatic N) is 1. The molecule has 1 saturated heterocycles. The van der Waals surface area contributed by atoms with Crippen LogP contribution in [-0.4, -0.2) is 59.9 Å². The second-order valence-electron chi connectivity index (χ2n) is 8.80. The molecule has 0 unspecified atom stereocenters. The zero-order valence-electron chi connectivity index (χ0n) is 18.2. The standard InChI is InChI=1S/C23H30N4O5/c28-19(10-14-27-21(30)23(26-22(27)31)11-1-2-12-23)24-13-9-16-3-7-18(8-4-16)32-15-20(29)25-17-5-6-17/h3-4,7-8,17H,1-2,5-6,9-15H2,(H,24,28)(H,25,29)(H,26,31). The van der Waals surface area contributed by atoms with E-state index in [0.717, 1.165) is 31.2 Å². The predicted molar refractivity (Wildman–Crippen MR) is 116 cm³/mol. The molecule has 5 amide bonds. The lowest BCUT2D eigenvalue weighted by Crippen LogP contribution is -2.44. The van der Waals surface area contributed by atoms with E-state index in [-0.39, 0.29) is 37.3 Å². The minimum Gasteiger partial charge on any atom is -0.484 e. The number of ether oxygens (including phenoxy) is 1. The second kappa shape index (κ2) is 9.58. The van der Waals surface area contributed by atoms with E-state index in [0.29, 0.717) is 37.6 Å². The zero-order valence-corrected chi connectivity index (χ0v) is 18.2. The van der Waals surface area contributed by atoms with Gasteiger partial charge in [-0.05, 0) is 49.8 Å². The lowest BCUT2D eigenvalue weighted by molar-refractivity contribution is -0.131. The molecule has 3 N–H and O–H groups in total. The van der Waals surface area contributed by atoms with E-state index in [1.165, 1.54) is 4.90 Å². The molecule has 0 radical (unpaired) electrons. The Morgan fingerprint density at radius 1 is 1.09 bits per heavy atom. The van der Waals surface area contributed by atoms with Gasteiger partial charge in [0.15, 0.2) is 6.61 Å². The van der Waals surface area contributed by atoms with Gasteiger partial charge in [-0.25, -0.2) is 4.79 Å². The number of carbonyl (C=O) groups is 4. The topological polar surface area (TPSA) is 117 Å². The number of rotatable bonds is 10. The molecule has 32 heavy (non-hydrogen) atoms. The highest BCUT2D eigenvalue weighted by atomic mass is 16.5. The van der Waals surface area contributed by atoms with Crippen LogP contribution in [0.5, 0.6) is 5.75 Å². The fraction of sp³-hybridized carbons (Fsp3) is 0.565. The molecule has 3 aliphatic rings. The largest absolute Gasteiger partial charge is 0.484 e. The van der Waals surface area contributed by atoms with Gasteiger partial charge in [-0.2, -0.15) is 0 Å². The van der Waals surface area contributed by atoms with E-state index in [1.54, 1.807) is 12.1 Å². The molecule has 1 heterocycles. The lowest BCUT2D eigenvalue weighted by atomic mass is 9.98. The molecule has 0 bridgehead atoms. The zero-order chi connectivity index (χ0) is 22.6. The highest BCUT2D eigenvalue weighted by molar-refractivity contribution is 6.07. The van der Waals surface area contributed by atoms with Crippen molar-refractivity contribution in [3.8, 4) is 5.75 Å². The average molecular weight is 443 g/mol. The van der Waals surface area contributed by atoms with E-state index < -0.39 is 11.6 Å². The van der Waals surface area contributed by atoms with E-state index in [9.17, 15) is 19.2 Å². The Kier molecular flexibility index (Phi) is 6.62. The fourth-order valence-corrected chi connectivity index (χ4v) is 4.24. The number of imide groups is 1. The number of hydrogen-bond acceptors (Lipinski definition) is 5. The summed E-state index contributed by atoms with van der Waals surface area (Å²) in [6, 6.07) is 7.33. The summed E-state index contributed by atoms with van der Waals surface area (Å²) >= 11 is 0. The summed E-state index contributed by atoms with van der Waals surface area (Å²) in [7, 11) is 0. The van der Waals surface area contributed by atoms with Gasteiger partial charge in [0.2, 0.25) is 5.91 Å². The summed E-state index contributed by atoms with van der Waals surface area (Å²) in [4.78, 5) is 49.7. The van der Waals surface area contributed by atoms with Crippen molar-refractivity contribution in [2.45, 2.75) is 62.9 Å². The monoisotopic (exact) mass is 442 g/mol. The maximum Gasteiger partial charge on any atom is 0.325 e. The van der Waals surface area contributed by atoms with Crippen molar-refractivity contribution >= 4 is 23.8 Å². The first-order chi connectivity index (χ1) is 15.4. The number of carbonyl (C=O) groups excluding carboxylic acids is 4. The van der Waals surface area contributed by atoms with Crippen molar-refractivity contribution in [2.75, 3.05) is 19.7 Å². The molecule has 9 heteroatoms. The summed E-state index contributed by atoms with van der Waals surface area (Å²) in [5.41, 5.74) is 0.294. The molecule has 1 aromatic rings. The van der Waals surface area contributed by atoms with Crippen molar-refractivity contribution in [2.24, 2.45) is 0 Å². The quantitative estimate of drug-likeness (QED) is 0.472. The van der Waals surface area contributed by atoms with Crippen molar-refractivity contribution in [3.05, 3.63) is 29.8 Å². The Bertz CT molecular complexity index is 875.